The molecule has 0 saturated carbocycles. The first-order valence-corrected chi connectivity index (χ1v) is 6.18. The van der Waals surface area contributed by atoms with Gasteiger partial charge in [0.25, 0.3) is 0 Å². The van der Waals surface area contributed by atoms with E-state index in [4.69, 9.17) is 16.7 Å². The maximum atomic E-state index is 11.0. The maximum Gasteiger partial charge on any atom is 0.305 e. The van der Waals surface area contributed by atoms with Crippen LogP contribution in [0.1, 0.15) is 18.0 Å². The largest absolute Gasteiger partial charge is 0.481 e. The van der Waals surface area contributed by atoms with Crippen LogP contribution >= 0.6 is 11.6 Å². The second kappa shape index (κ2) is 6.20. The molecule has 0 spiro atoms. The van der Waals surface area contributed by atoms with Gasteiger partial charge in [-0.2, -0.15) is 0 Å². The van der Waals surface area contributed by atoms with Crippen molar-refractivity contribution in [3.63, 3.8) is 0 Å². The Balaban J connectivity index is 2.20. The lowest BCUT2D eigenvalue weighted by Crippen LogP contribution is -2.15. The van der Waals surface area contributed by atoms with E-state index in [1.165, 1.54) is 0 Å². The van der Waals surface area contributed by atoms with E-state index in [1.807, 2.05) is 18.2 Å². The topological polar surface area (TPSA) is 62.2 Å². The molecule has 1 heterocycles. The number of rotatable bonds is 5. The molecule has 19 heavy (non-hydrogen) atoms. The summed E-state index contributed by atoms with van der Waals surface area (Å²) in [4.78, 5) is 15.1. The molecule has 4 nitrogen and oxygen atoms in total. The second-order valence-electron chi connectivity index (χ2n) is 4.06. The zero-order valence-corrected chi connectivity index (χ0v) is 10.8. The zero-order valence-electron chi connectivity index (χ0n) is 10.1. The van der Waals surface area contributed by atoms with Gasteiger partial charge in [-0.25, -0.2) is 4.98 Å². The van der Waals surface area contributed by atoms with Gasteiger partial charge in [0.1, 0.15) is 5.82 Å². The van der Waals surface area contributed by atoms with Crippen molar-refractivity contribution in [2.75, 3.05) is 5.32 Å². The quantitative estimate of drug-likeness (QED) is 0.879. The van der Waals surface area contributed by atoms with Crippen LogP contribution < -0.4 is 5.32 Å². The third-order valence-electron chi connectivity index (χ3n) is 2.64. The van der Waals surface area contributed by atoms with Crippen LogP contribution in [-0.4, -0.2) is 16.1 Å². The number of nitrogens with one attached hydrogen (secondary N) is 1. The molecule has 1 unspecified atom stereocenters. The van der Waals surface area contributed by atoms with Crippen LogP contribution in [0.5, 0.6) is 0 Å². The maximum absolute atomic E-state index is 11.0. The standard InChI is InChI=1S/C14H13ClN2O2/c15-11-6-4-10(5-7-11)12(9-14(18)19)17-13-3-1-2-8-16-13/h1-8,12H,9H2,(H,16,17)(H,18,19). The van der Waals surface area contributed by atoms with Crippen molar-refractivity contribution in [2.45, 2.75) is 12.5 Å². The molecule has 0 amide bonds. The summed E-state index contributed by atoms with van der Waals surface area (Å²) in [6.45, 7) is 0. The van der Waals surface area contributed by atoms with Gasteiger partial charge >= 0.3 is 5.97 Å². The minimum Gasteiger partial charge on any atom is -0.481 e. The summed E-state index contributed by atoms with van der Waals surface area (Å²) in [5, 5.41) is 12.7. The molecule has 5 heteroatoms. The van der Waals surface area contributed by atoms with Crippen molar-refractivity contribution < 1.29 is 9.90 Å². The lowest BCUT2D eigenvalue weighted by atomic mass is 10.0. The summed E-state index contributed by atoms with van der Waals surface area (Å²) in [6, 6.07) is 12.2. The van der Waals surface area contributed by atoms with Gasteiger partial charge < -0.3 is 10.4 Å². The highest BCUT2D eigenvalue weighted by Gasteiger charge is 2.15. The van der Waals surface area contributed by atoms with Crippen LogP contribution in [0.2, 0.25) is 5.02 Å². The van der Waals surface area contributed by atoms with Gasteiger partial charge in [0.05, 0.1) is 12.5 Å². The summed E-state index contributed by atoms with van der Waals surface area (Å²) in [5.74, 6) is -0.230. The lowest BCUT2D eigenvalue weighted by molar-refractivity contribution is -0.137. The van der Waals surface area contributed by atoms with E-state index in [-0.39, 0.29) is 12.5 Å². The second-order valence-corrected chi connectivity index (χ2v) is 4.50. The first kappa shape index (κ1) is 13.4. The predicted molar refractivity (Wildman–Crippen MR) is 74.3 cm³/mol. The Labute approximate surface area is 116 Å². The Kier molecular flexibility index (Phi) is 4.36. The number of anilines is 1. The van der Waals surface area contributed by atoms with E-state index >= 15 is 0 Å². The van der Waals surface area contributed by atoms with Crippen molar-refractivity contribution >= 4 is 23.4 Å². The van der Waals surface area contributed by atoms with Crippen molar-refractivity contribution in [2.24, 2.45) is 0 Å². The Morgan fingerprint density at radius 3 is 2.58 bits per heavy atom. The fourth-order valence-electron chi connectivity index (χ4n) is 1.75. The van der Waals surface area contributed by atoms with E-state index in [9.17, 15) is 4.79 Å². The molecule has 0 fully saturated rings. The first-order chi connectivity index (χ1) is 9.15. The molecule has 0 saturated heterocycles. The van der Waals surface area contributed by atoms with E-state index in [0.29, 0.717) is 10.8 Å². The molecule has 2 rings (SSSR count). The van der Waals surface area contributed by atoms with Gasteiger partial charge in [0.2, 0.25) is 0 Å². The normalized spacial score (nSPS) is 11.8. The fourth-order valence-corrected chi connectivity index (χ4v) is 1.87. The molecule has 0 aliphatic heterocycles. The number of hydrogen-bond donors (Lipinski definition) is 2. The monoisotopic (exact) mass is 276 g/mol. The van der Waals surface area contributed by atoms with Crippen molar-refractivity contribution in [1.29, 1.82) is 0 Å². The fraction of sp³-hybridized carbons (Fsp3) is 0.143. The minimum absolute atomic E-state index is 0.0296. The number of carbonyl (C=O) groups is 1. The number of aliphatic carboxylic acids is 1. The summed E-state index contributed by atoms with van der Waals surface area (Å²) in [5.41, 5.74) is 0.859. The number of hydrogen-bond acceptors (Lipinski definition) is 3. The third kappa shape index (κ3) is 3.96. The molecule has 2 aromatic rings. The Morgan fingerprint density at radius 1 is 1.26 bits per heavy atom. The van der Waals surface area contributed by atoms with Gasteiger partial charge in [0, 0.05) is 11.2 Å². The van der Waals surface area contributed by atoms with E-state index in [0.717, 1.165) is 5.56 Å². The predicted octanol–water partition coefficient (Wildman–Crippen LogP) is 3.36. The number of halogens is 1. The van der Waals surface area contributed by atoms with Crippen LogP contribution in [0.25, 0.3) is 0 Å². The van der Waals surface area contributed by atoms with Crippen LogP contribution in [-0.2, 0) is 4.79 Å². The molecule has 2 N–H and O–H groups in total. The van der Waals surface area contributed by atoms with E-state index in [1.54, 1.807) is 30.5 Å². The van der Waals surface area contributed by atoms with Crippen molar-refractivity contribution in [3.8, 4) is 0 Å². The van der Waals surface area contributed by atoms with Gasteiger partial charge in [-0.15, -0.1) is 0 Å². The highest BCUT2D eigenvalue weighted by molar-refractivity contribution is 6.30. The average Bonchev–Trinajstić information content (AvgIpc) is 2.39. The van der Waals surface area contributed by atoms with Gasteiger partial charge in [-0.05, 0) is 29.8 Å². The number of nitrogens with zero attached hydrogens (tertiary/aromatic N) is 1. The molecule has 1 aromatic carbocycles. The minimum atomic E-state index is -0.872. The zero-order chi connectivity index (χ0) is 13.7. The first-order valence-electron chi connectivity index (χ1n) is 5.80. The third-order valence-corrected chi connectivity index (χ3v) is 2.89. The molecular weight excluding hydrogens is 264 g/mol. The smallest absolute Gasteiger partial charge is 0.305 e. The molecule has 1 atom stereocenters. The molecule has 1 aromatic heterocycles. The molecule has 0 bridgehead atoms. The molecule has 0 aliphatic rings. The molecule has 98 valence electrons. The van der Waals surface area contributed by atoms with E-state index in [2.05, 4.69) is 10.3 Å². The van der Waals surface area contributed by atoms with Gasteiger partial charge in [-0.3, -0.25) is 4.79 Å². The van der Waals surface area contributed by atoms with Crippen LogP contribution in [0.4, 0.5) is 5.82 Å². The Bertz CT molecular complexity index is 543. The summed E-state index contributed by atoms with van der Waals surface area (Å²) in [6.07, 6.45) is 1.63. The Morgan fingerprint density at radius 2 is 2.00 bits per heavy atom. The molecular formula is C14H13ClN2O2. The van der Waals surface area contributed by atoms with Gasteiger partial charge in [-0.1, -0.05) is 29.8 Å². The van der Waals surface area contributed by atoms with Gasteiger partial charge in [0.15, 0.2) is 0 Å². The van der Waals surface area contributed by atoms with E-state index < -0.39 is 5.97 Å². The van der Waals surface area contributed by atoms with Crippen LogP contribution in [0.3, 0.4) is 0 Å². The highest BCUT2D eigenvalue weighted by atomic mass is 35.5. The van der Waals surface area contributed by atoms with Crippen molar-refractivity contribution in [1.82, 2.24) is 4.98 Å². The summed E-state index contributed by atoms with van der Waals surface area (Å²) >= 11 is 5.83. The number of carboxylic acids is 1. The van der Waals surface area contributed by atoms with Crippen molar-refractivity contribution in [3.05, 3.63) is 59.2 Å². The number of pyridine rings is 1. The average molecular weight is 277 g/mol. The molecule has 0 radical (unpaired) electrons. The number of benzene rings is 1. The number of aromatic nitrogens is 1. The SMILES string of the molecule is O=C(O)CC(Nc1ccccn1)c1ccc(Cl)cc1. The highest BCUT2D eigenvalue weighted by Crippen LogP contribution is 2.23. The summed E-state index contributed by atoms with van der Waals surface area (Å²) < 4.78 is 0. The van der Waals surface area contributed by atoms with Crippen LogP contribution in [0.15, 0.2) is 48.7 Å². The molecule has 0 aliphatic carbocycles. The summed E-state index contributed by atoms with van der Waals surface area (Å²) in [7, 11) is 0. The van der Waals surface area contributed by atoms with Crippen LogP contribution in [0, 0.1) is 0 Å². The Hall–Kier alpha value is -2.07. The lowest BCUT2D eigenvalue weighted by Gasteiger charge is -2.18. The number of carboxylic acid groups (broad SMARTS) is 1.